The highest BCUT2D eigenvalue weighted by Crippen LogP contribution is 2.32. The van der Waals surface area contributed by atoms with Crippen molar-refractivity contribution >= 4 is 28.5 Å². The van der Waals surface area contributed by atoms with Gasteiger partial charge in [0.05, 0.1) is 34.2 Å². The Kier molecular flexibility index (Phi) is 5.63. The number of fused-ring (bicyclic) bond motifs is 1. The van der Waals surface area contributed by atoms with E-state index in [4.69, 9.17) is 16.3 Å². The van der Waals surface area contributed by atoms with E-state index in [1.807, 2.05) is 10.8 Å². The summed E-state index contributed by atoms with van der Waals surface area (Å²) in [6, 6.07) is 1.70. The van der Waals surface area contributed by atoms with Crippen molar-refractivity contribution in [3.8, 4) is 0 Å². The number of halogens is 1. The molecule has 2 aromatic heterocycles. The molecule has 1 aliphatic carbocycles. The highest BCUT2D eigenvalue weighted by molar-refractivity contribution is 6.36. The number of carbonyl (C=O) groups is 1. The van der Waals surface area contributed by atoms with Gasteiger partial charge in [-0.1, -0.05) is 31.4 Å². The number of pyridine rings is 1. The maximum Gasteiger partial charge on any atom is 0.253 e. The van der Waals surface area contributed by atoms with Gasteiger partial charge >= 0.3 is 0 Å². The number of aromatic nitrogens is 2. The molecule has 6 nitrogen and oxygen atoms in total. The lowest BCUT2D eigenvalue weighted by atomic mass is 9.79. The molecule has 2 N–H and O–H groups in total. The Morgan fingerprint density at radius 3 is 3.07 bits per heavy atom. The summed E-state index contributed by atoms with van der Waals surface area (Å²) in [5.41, 5.74) is 0.363. The molecule has 152 valence electrons. The van der Waals surface area contributed by atoms with Crippen LogP contribution >= 0.6 is 11.6 Å². The second kappa shape index (κ2) is 8.01. The van der Waals surface area contributed by atoms with Crippen molar-refractivity contribution in [2.24, 2.45) is 5.92 Å². The molecular weight excluding hydrogens is 378 g/mol. The van der Waals surface area contributed by atoms with E-state index < -0.39 is 5.60 Å². The van der Waals surface area contributed by atoms with Crippen molar-refractivity contribution in [1.29, 1.82) is 0 Å². The second-order valence-corrected chi connectivity index (χ2v) is 8.84. The lowest BCUT2D eigenvalue weighted by molar-refractivity contribution is -0.0109. The number of amides is 1. The molecule has 1 amide bonds. The molecule has 3 atom stereocenters. The quantitative estimate of drug-likeness (QED) is 0.797. The zero-order valence-electron chi connectivity index (χ0n) is 16.3. The number of hydrogen-bond donors (Lipinski definition) is 2. The molecule has 0 bridgehead atoms. The maximum absolute atomic E-state index is 13.0. The van der Waals surface area contributed by atoms with Gasteiger partial charge in [-0.3, -0.25) is 4.79 Å². The molecule has 1 unspecified atom stereocenters. The number of aliphatic hydroxyl groups is 1. The smallest absolute Gasteiger partial charge is 0.253 e. The summed E-state index contributed by atoms with van der Waals surface area (Å²) in [7, 11) is 0. The SMILES string of the molecule is C[C@@H]1CCC[C@](O)(CNC(=O)c2cn(CC3CCCO3)c3nccc(Cl)c23)C1. The van der Waals surface area contributed by atoms with E-state index in [-0.39, 0.29) is 18.6 Å². The zero-order valence-corrected chi connectivity index (χ0v) is 17.0. The molecule has 0 spiro atoms. The van der Waals surface area contributed by atoms with Gasteiger partial charge in [0.25, 0.3) is 5.91 Å². The summed E-state index contributed by atoms with van der Waals surface area (Å²) in [5, 5.41) is 14.9. The van der Waals surface area contributed by atoms with Crippen molar-refractivity contribution in [2.45, 2.75) is 63.7 Å². The molecule has 0 aromatic carbocycles. The normalized spacial score (nSPS) is 28.0. The Morgan fingerprint density at radius 2 is 2.32 bits per heavy atom. The van der Waals surface area contributed by atoms with Gasteiger partial charge in [0.1, 0.15) is 5.65 Å². The van der Waals surface area contributed by atoms with Crippen LogP contribution in [0, 0.1) is 5.92 Å². The third-order valence-corrected chi connectivity index (χ3v) is 6.34. The fourth-order valence-corrected chi connectivity index (χ4v) is 4.87. The standard InChI is InChI=1S/C21H28ClN3O3/c1-14-4-2-7-21(27,10-14)13-24-20(26)16-12-25(11-15-5-3-9-28-15)19-18(16)17(22)6-8-23-19/h6,8,12,14-15,27H,2-5,7,9-11,13H2,1H3,(H,24,26)/t14-,15?,21-/m1/s1. The largest absolute Gasteiger partial charge is 0.388 e. The molecule has 1 aliphatic heterocycles. The van der Waals surface area contributed by atoms with E-state index in [2.05, 4.69) is 17.2 Å². The van der Waals surface area contributed by atoms with Crippen LogP contribution in [0.5, 0.6) is 0 Å². The molecule has 28 heavy (non-hydrogen) atoms. The Morgan fingerprint density at radius 1 is 1.46 bits per heavy atom. The first-order chi connectivity index (χ1) is 13.5. The summed E-state index contributed by atoms with van der Waals surface area (Å²) >= 11 is 6.42. The molecule has 2 aliphatic rings. The predicted molar refractivity (Wildman–Crippen MR) is 109 cm³/mol. The highest BCUT2D eigenvalue weighted by atomic mass is 35.5. The zero-order chi connectivity index (χ0) is 19.7. The average Bonchev–Trinajstić information content (AvgIpc) is 3.29. The molecule has 1 saturated heterocycles. The van der Waals surface area contributed by atoms with Gasteiger partial charge in [0.2, 0.25) is 0 Å². The second-order valence-electron chi connectivity index (χ2n) is 8.43. The van der Waals surface area contributed by atoms with Crippen LogP contribution in [-0.2, 0) is 11.3 Å². The first-order valence-corrected chi connectivity index (χ1v) is 10.6. The maximum atomic E-state index is 13.0. The molecule has 2 fully saturated rings. The van der Waals surface area contributed by atoms with Crippen LogP contribution in [0.15, 0.2) is 18.5 Å². The summed E-state index contributed by atoms with van der Waals surface area (Å²) in [6.45, 7) is 3.84. The summed E-state index contributed by atoms with van der Waals surface area (Å²) in [4.78, 5) is 17.4. The van der Waals surface area contributed by atoms with Crippen LogP contribution in [0.25, 0.3) is 11.0 Å². The Bertz CT molecular complexity index is 862. The summed E-state index contributed by atoms with van der Waals surface area (Å²) < 4.78 is 7.70. The fourth-order valence-electron chi connectivity index (χ4n) is 4.63. The van der Waals surface area contributed by atoms with E-state index in [0.29, 0.717) is 34.1 Å². The molecule has 1 saturated carbocycles. The van der Waals surface area contributed by atoms with Crippen molar-refractivity contribution in [3.05, 3.63) is 29.0 Å². The van der Waals surface area contributed by atoms with Crippen LogP contribution in [-0.4, -0.2) is 45.4 Å². The minimum absolute atomic E-state index is 0.136. The van der Waals surface area contributed by atoms with Gasteiger partial charge in [0.15, 0.2) is 0 Å². The van der Waals surface area contributed by atoms with E-state index >= 15 is 0 Å². The monoisotopic (exact) mass is 405 g/mol. The topological polar surface area (TPSA) is 76.4 Å². The summed E-state index contributed by atoms with van der Waals surface area (Å²) in [6.07, 6.45) is 9.24. The van der Waals surface area contributed by atoms with Gasteiger partial charge in [-0.15, -0.1) is 0 Å². The van der Waals surface area contributed by atoms with Crippen LogP contribution in [0.1, 0.15) is 55.8 Å². The third-order valence-electron chi connectivity index (χ3n) is 6.02. The van der Waals surface area contributed by atoms with Crippen molar-refractivity contribution in [2.75, 3.05) is 13.2 Å². The summed E-state index contributed by atoms with van der Waals surface area (Å²) in [5.74, 6) is 0.250. The minimum atomic E-state index is -0.828. The third kappa shape index (κ3) is 4.04. The Labute approximate surface area is 170 Å². The number of ether oxygens (including phenoxy) is 1. The van der Waals surface area contributed by atoms with E-state index in [0.717, 1.165) is 45.1 Å². The molecule has 3 heterocycles. The van der Waals surface area contributed by atoms with Crippen LogP contribution in [0.3, 0.4) is 0 Å². The van der Waals surface area contributed by atoms with Crippen LogP contribution in [0.2, 0.25) is 5.02 Å². The van der Waals surface area contributed by atoms with E-state index in [1.165, 1.54) is 0 Å². The van der Waals surface area contributed by atoms with Gasteiger partial charge in [0, 0.05) is 25.5 Å². The number of carbonyl (C=O) groups excluding carboxylic acids is 1. The van der Waals surface area contributed by atoms with Crippen molar-refractivity contribution < 1.29 is 14.6 Å². The molecule has 2 aromatic rings. The number of nitrogens with one attached hydrogen (secondary N) is 1. The van der Waals surface area contributed by atoms with Crippen molar-refractivity contribution in [3.63, 3.8) is 0 Å². The van der Waals surface area contributed by atoms with E-state index in [1.54, 1.807) is 12.3 Å². The lowest BCUT2D eigenvalue weighted by Gasteiger charge is -2.35. The van der Waals surface area contributed by atoms with Gasteiger partial charge in [-0.25, -0.2) is 4.98 Å². The number of rotatable bonds is 5. The first kappa shape index (κ1) is 19.7. The van der Waals surface area contributed by atoms with Crippen LogP contribution < -0.4 is 5.32 Å². The Hall–Kier alpha value is -1.63. The minimum Gasteiger partial charge on any atom is -0.388 e. The highest BCUT2D eigenvalue weighted by Gasteiger charge is 2.33. The number of hydrogen-bond acceptors (Lipinski definition) is 4. The number of nitrogens with zero attached hydrogens (tertiary/aromatic N) is 2. The lowest BCUT2D eigenvalue weighted by Crippen LogP contribution is -2.45. The van der Waals surface area contributed by atoms with E-state index in [9.17, 15) is 9.90 Å². The molecule has 4 rings (SSSR count). The Balaban J connectivity index is 1.56. The average molecular weight is 406 g/mol. The van der Waals surface area contributed by atoms with Gasteiger partial charge < -0.3 is 19.7 Å². The predicted octanol–water partition coefficient (Wildman–Crippen LogP) is 3.54. The fraction of sp³-hybridized carbons (Fsp3) is 0.619. The molecule has 0 radical (unpaired) electrons. The van der Waals surface area contributed by atoms with Crippen LogP contribution in [0.4, 0.5) is 0 Å². The van der Waals surface area contributed by atoms with Gasteiger partial charge in [-0.2, -0.15) is 0 Å². The molecule has 7 heteroatoms. The first-order valence-electron chi connectivity index (χ1n) is 10.2. The van der Waals surface area contributed by atoms with Gasteiger partial charge in [-0.05, 0) is 37.7 Å². The molecular formula is C21H28ClN3O3. The van der Waals surface area contributed by atoms with Crippen molar-refractivity contribution in [1.82, 2.24) is 14.9 Å².